The van der Waals surface area contributed by atoms with Gasteiger partial charge in [0, 0.05) is 11.4 Å². The van der Waals surface area contributed by atoms with Crippen LogP contribution in [0.25, 0.3) is 0 Å². The quantitative estimate of drug-likeness (QED) is 0.636. The zero-order chi connectivity index (χ0) is 8.10. The normalized spacial score (nSPS) is 17.0. The molecule has 0 aromatic rings. The first-order chi connectivity index (χ1) is 5.29. The van der Waals surface area contributed by atoms with Gasteiger partial charge in [0.25, 0.3) is 0 Å². The molecule has 0 aromatic heterocycles. The highest BCUT2D eigenvalue weighted by molar-refractivity contribution is 5.16. The van der Waals surface area contributed by atoms with Crippen molar-refractivity contribution in [2.45, 2.75) is 26.2 Å². The van der Waals surface area contributed by atoms with Gasteiger partial charge in [0.2, 0.25) is 0 Å². The van der Waals surface area contributed by atoms with E-state index in [2.05, 4.69) is 30.1 Å². The zero-order valence-corrected chi connectivity index (χ0v) is 7.06. The Morgan fingerprint density at radius 3 is 3.18 bits per heavy atom. The van der Waals surface area contributed by atoms with Crippen LogP contribution < -0.4 is 5.32 Å². The molecular weight excluding hydrogens is 134 g/mol. The topological polar surface area (TPSA) is 12.0 Å². The van der Waals surface area contributed by atoms with Crippen LogP contribution in [0.1, 0.15) is 26.2 Å². The second kappa shape index (κ2) is 4.02. The minimum atomic E-state index is 1.02. The summed E-state index contributed by atoms with van der Waals surface area (Å²) in [4.78, 5) is 0. The first-order valence-electron chi connectivity index (χ1n) is 4.07. The van der Waals surface area contributed by atoms with Crippen molar-refractivity contribution in [1.29, 1.82) is 0 Å². The van der Waals surface area contributed by atoms with Crippen molar-refractivity contribution in [2.24, 2.45) is 0 Å². The van der Waals surface area contributed by atoms with E-state index in [0.717, 1.165) is 12.1 Å². The standard InChI is InChI=1S/C10H15N/c1-9(2)11-10-7-5-3-4-6-8-10/h3,5,7,11H,1,4,6,8H2,2H3. The summed E-state index contributed by atoms with van der Waals surface area (Å²) in [6.07, 6.45) is 10.0. The van der Waals surface area contributed by atoms with Gasteiger partial charge in [0.1, 0.15) is 0 Å². The van der Waals surface area contributed by atoms with Crippen LogP contribution in [0.4, 0.5) is 0 Å². The van der Waals surface area contributed by atoms with Crippen molar-refractivity contribution in [1.82, 2.24) is 5.32 Å². The highest BCUT2D eigenvalue weighted by atomic mass is 14.9. The summed E-state index contributed by atoms with van der Waals surface area (Å²) < 4.78 is 0. The predicted molar refractivity (Wildman–Crippen MR) is 49.0 cm³/mol. The van der Waals surface area contributed by atoms with Gasteiger partial charge in [-0.3, -0.25) is 0 Å². The number of rotatable bonds is 2. The van der Waals surface area contributed by atoms with E-state index in [1.54, 1.807) is 0 Å². The Hall–Kier alpha value is -0.980. The molecule has 11 heavy (non-hydrogen) atoms. The predicted octanol–water partition coefficient (Wildman–Crippen LogP) is 2.73. The maximum absolute atomic E-state index is 3.80. The molecule has 1 aliphatic rings. The lowest BCUT2D eigenvalue weighted by Crippen LogP contribution is -2.08. The maximum Gasteiger partial charge on any atom is 0.0148 e. The smallest absolute Gasteiger partial charge is 0.0148 e. The Morgan fingerprint density at radius 1 is 1.64 bits per heavy atom. The second-order valence-corrected chi connectivity index (χ2v) is 2.92. The van der Waals surface area contributed by atoms with Crippen LogP contribution in [0.15, 0.2) is 36.2 Å². The third kappa shape index (κ3) is 3.08. The largest absolute Gasteiger partial charge is 0.363 e. The summed E-state index contributed by atoms with van der Waals surface area (Å²) in [5.74, 6) is 0. The molecule has 0 saturated carbocycles. The van der Waals surface area contributed by atoms with Crippen molar-refractivity contribution < 1.29 is 0 Å². The van der Waals surface area contributed by atoms with E-state index in [9.17, 15) is 0 Å². The lowest BCUT2D eigenvalue weighted by atomic mass is 10.2. The molecule has 0 spiro atoms. The van der Waals surface area contributed by atoms with Gasteiger partial charge in [0.05, 0.1) is 0 Å². The summed E-state index contributed by atoms with van der Waals surface area (Å²) >= 11 is 0. The molecule has 0 amide bonds. The van der Waals surface area contributed by atoms with E-state index >= 15 is 0 Å². The Balaban J connectivity index is 2.49. The number of nitrogens with one attached hydrogen (secondary N) is 1. The van der Waals surface area contributed by atoms with Gasteiger partial charge in [0.15, 0.2) is 0 Å². The van der Waals surface area contributed by atoms with Crippen LogP contribution in [0, 0.1) is 0 Å². The van der Waals surface area contributed by atoms with Crippen molar-refractivity contribution in [3.8, 4) is 0 Å². The summed E-state index contributed by atoms with van der Waals surface area (Å²) in [7, 11) is 0. The van der Waals surface area contributed by atoms with Gasteiger partial charge in [-0.2, -0.15) is 0 Å². The summed E-state index contributed by atoms with van der Waals surface area (Å²) in [5, 5.41) is 3.24. The first-order valence-corrected chi connectivity index (χ1v) is 4.07. The van der Waals surface area contributed by atoms with E-state index < -0.39 is 0 Å². The SMILES string of the molecule is C=C(C)NC1=CC=CCCC1. The van der Waals surface area contributed by atoms with Gasteiger partial charge in [-0.15, -0.1) is 0 Å². The molecule has 0 aromatic carbocycles. The average molecular weight is 149 g/mol. The Kier molecular flexibility index (Phi) is 2.96. The highest BCUT2D eigenvalue weighted by Gasteiger charge is 1.97. The molecule has 1 aliphatic carbocycles. The van der Waals surface area contributed by atoms with Gasteiger partial charge >= 0.3 is 0 Å². The minimum Gasteiger partial charge on any atom is -0.363 e. The highest BCUT2D eigenvalue weighted by Crippen LogP contribution is 2.10. The second-order valence-electron chi connectivity index (χ2n) is 2.92. The lowest BCUT2D eigenvalue weighted by molar-refractivity contribution is 0.782. The van der Waals surface area contributed by atoms with Crippen LogP contribution in [0.3, 0.4) is 0 Å². The minimum absolute atomic E-state index is 1.02. The fourth-order valence-corrected chi connectivity index (χ4v) is 1.15. The number of allylic oxidation sites excluding steroid dienone is 5. The third-order valence-corrected chi connectivity index (χ3v) is 1.62. The number of hydrogen-bond acceptors (Lipinski definition) is 1. The van der Waals surface area contributed by atoms with Crippen LogP contribution >= 0.6 is 0 Å². The van der Waals surface area contributed by atoms with Crippen molar-refractivity contribution >= 4 is 0 Å². The average Bonchev–Trinajstić information content (AvgIpc) is 2.14. The molecule has 0 bridgehead atoms. The molecule has 0 fully saturated rings. The molecule has 0 atom stereocenters. The molecule has 60 valence electrons. The van der Waals surface area contributed by atoms with E-state index in [0.29, 0.717) is 0 Å². The molecule has 0 unspecified atom stereocenters. The third-order valence-electron chi connectivity index (χ3n) is 1.62. The molecule has 0 saturated heterocycles. The Labute approximate surface area is 68.5 Å². The van der Waals surface area contributed by atoms with Crippen molar-refractivity contribution in [3.63, 3.8) is 0 Å². The molecule has 1 nitrogen and oxygen atoms in total. The van der Waals surface area contributed by atoms with Gasteiger partial charge in [-0.1, -0.05) is 18.7 Å². The number of hydrogen-bond donors (Lipinski definition) is 1. The Morgan fingerprint density at radius 2 is 2.45 bits per heavy atom. The molecule has 0 radical (unpaired) electrons. The fourth-order valence-electron chi connectivity index (χ4n) is 1.15. The summed E-state index contributed by atoms with van der Waals surface area (Å²) in [5.41, 5.74) is 2.30. The molecule has 0 heterocycles. The molecule has 1 N–H and O–H groups in total. The fraction of sp³-hybridized carbons (Fsp3) is 0.400. The monoisotopic (exact) mass is 149 g/mol. The van der Waals surface area contributed by atoms with Crippen molar-refractivity contribution in [2.75, 3.05) is 0 Å². The van der Waals surface area contributed by atoms with E-state index in [4.69, 9.17) is 0 Å². The van der Waals surface area contributed by atoms with E-state index in [1.807, 2.05) is 6.92 Å². The van der Waals surface area contributed by atoms with E-state index in [-0.39, 0.29) is 0 Å². The lowest BCUT2D eigenvalue weighted by Gasteiger charge is -2.07. The van der Waals surface area contributed by atoms with Crippen LogP contribution in [0.5, 0.6) is 0 Å². The zero-order valence-electron chi connectivity index (χ0n) is 7.06. The first kappa shape index (κ1) is 8.12. The molecule has 1 heteroatoms. The van der Waals surface area contributed by atoms with Gasteiger partial charge in [-0.05, 0) is 32.3 Å². The van der Waals surface area contributed by atoms with Crippen LogP contribution in [-0.4, -0.2) is 0 Å². The molecule has 1 rings (SSSR count). The summed E-state index contributed by atoms with van der Waals surface area (Å²) in [6.45, 7) is 5.79. The van der Waals surface area contributed by atoms with Gasteiger partial charge < -0.3 is 5.32 Å². The van der Waals surface area contributed by atoms with E-state index in [1.165, 1.54) is 18.5 Å². The van der Waals surface area contributed by atoms with Crippen molar-refractivity contribution in [3.05, 3.63) is 36.2 Å². The molecule has 0 aliphatic heterocycles. The Bertz CT molecular complexity index is 199. The van der Waals surface area contributed by atoms with Crippen LogP contribution in [0.2, 0.25) is 0 Å². The van der Waals surface area contributed by atoms with Gasteiger partial charge in [-0.25, -0.2) is 0 Å². The van der Waals surface area contributed by atoms with Crippen LogP contribution in [-0.2, 0) is 0 Å². The summed E-state index contributed by atoms with van der Waals surface area (Å²) in [6, 6.07) is 0. The maximum atomic E-state index is 3.80. The molecular formula is C10H15N.